The Morgan fingerprint density at radius 3 is 3.25 bits per heavy atom. The maximum atomic E-state index is 5.80. The Morgan fingerprint density at radius 1 is 1.50 bits per heavy atom. The second-order valence-corrected chi connectivity index (χ2v) is 5.66. The van der Waals surface area contributed by atoms with E-state index in [2.05, 4.69) is 14.9 Å². The number of hydrogen-bond acceptors (Lipinski definition) is 4. The van der Waals surface area contributed by atoms with Crippen LogP contribution in [0.1, 0.15) is 18.7 Å². The van der Waals surface area contributed by atoms with Gasteiger partial charge in [0, 0.05) is 19.3 Å². The topological polar surface area (TPSA) is 67.2 Å². The van der Waals surface area contributed by atoms with Crippen molar-refractivity contribution in [1.82, 2.24) is 14.9 Å². The van der Waals surface area contributed by atoms with Gasteiger partial charge in [0.2, 0.25) is 0 Å². The van der Waals surface area contributed by atoms with Crippen molar-refractivity contribution in [2.45, 2.75) is 19.4 Å². The molecular formula is C15H22N4O. The first kappa shape index (κ1) is 13.4. The van der Waals surface area contributed by atoms with Crippen molar-refractivity contribution in [3.8, 4) is 0 Å². The van der Waals surface area contributed by atoms with Crippen LogP contribution in [0.25, 0.3) is 11.0 Å². The number of nitrogen functional groups attached to an aromatic ring is 1. The molecule has 0 aliphatic carbocycles. The molecule has 1 aromatic heterocycles. The zero-order chi connectivity index (χ0) is 13.9. The molecule has 5 heteroatoms. The van der Waals surface area contributed by atoms with Crippen molar-refractivity contribution in [1.29, 1.82) is 0 Å². The summed E-state index contributed by atoms with van der Waals surface area (Å²) in [6, 6.07) is 5.80. The fraction of sp³-hybridized carbons (Fsp3) is 0.533. The molecule has 1 aliphatic heterocycles. The Balaban J connectivity index is 1.69. The molecule has 0 bridgehead atoms. The molecule has 1 saturated heterocycles. The Kier molecular flexibility index (Phi) is 3.89. The van der Waals surface area contributed by atoms with Crippen LogP contribution in [0.15, 0.2) is 18.2 Å². The van der Waals surface area contributed by atoms with Crippen LogP contribution in [0.5, 0.6) is 0 Å². The van der Waals surface area contributed by atoms with Gasteiger partial charge in [-0.25, -0.2) is 4.98 Å². The minimum atomic E-state index is 0.647. The van der Waals surface area contributed by atoms with Crippen molar-refractivity contribution < 1.29 is 4.74 Å². The van der Waals surface area contributed by atoms with E-state index in [1.807, 2.05) is 18.2 Å². The van der Waals surface area contributed by atoms with Gasteiger partial charge in [-0.3, -0.25) is 4.90 Å². The van der Waals surface area contributed by atoms with Crippen LogP contribution in [0, 0.1) is 5.92 Å². The highest BCUT2D eigenvalue weighted by Gasteiger charge is 2.20. The first-order valence-electron chi connectivity index (χ1n) is 7.20. The number of fused-ring (bicyclic) bond motifs is 1. The maximum Gasteiger partial charge on any atom is 0.121 e. The van der Waals surface area contributed by atoms with Crippen LogP contribution in [0.4, 0.5) is 5.69 Å². The number of aromatic nitrogens is 2. The molecule has 20 heavy (non-hydrogen) atoms. The lowest BCUT2D eigenvalue weighted by molar-refractivity contribution is 0.0863. The van der Waals surface area contributed by atoms with Gasteiger partial charge in [0.1, 0.15) is 5.82 Å². The Bertz CT molecular complexity index is 578. The SMILES string of the molecule is COCC1CCCN(Cc2nc3ccc(N)cc3[nH]2)C1. The predicted octanol–water partition coefficient (Wildman–Crippen LogP) is 2.00. The maximum absolute atomic E-state index is 5.80. The summed E-state index contributed by atoms with van der Waals surface area (Å²) in [7, 11) is 1.78. The highest BCUT2D eigenvalue weighted by Crippen LogP contribution is 2.20. The summed E-state index contributed by atoms with van der Waals surface area (Å²) in [6.45, 7) is 3.95. The summed E-state index contributed by atoms with van der Waals surface area (Å²) in [5, 5.41) is 0. The molecule has 0 saturated carbocycles. The smallest absolute Gasteiger partial charge is 0.121 e. The zero-order valence-corrected chi connectivity index (χ0v) is 11.9. The minimum Gasteiger partial charge on any atom is -0.399 e. The van der Waals surface area contributed by atoms with Gasteiger partial charge in [-0.2, -0.15) is 0 Å². The third-order valence-electron chi connectivity index (χ3n) is 3.93. The second kappa shape index (κ2) is 5.81. The first-order chi connectivity index (χ1) is 9.74. The normalized spacial score (nSPS) is 20.6. The summed E-state index contributed by atoms with van der Waals surface area (Å²) in [5.74, 6) is 1.66. The van der Waals surface area contributed by atoms with Gasteiger partial charge < -0.3 is 15.5 Å². The minimum absolute atomic E-state index is 0.647. The number of anilines is 1. The molecule has 1 unspecified atom stereocenters. The number of imidazole rings is 1. The monoisotopic (exact) mass is 274 g/mol. The van der Waals surface area contributed by atoms with Crippen molar-refractivity contribution >= 4 is 16.7 Å². The molecule has 1 aromatic carbocycles. The lowest BCUT2D eigenvalue weighted by Crippen LogP contribution is -2.36. The predicted molar refractivity (Wildman–Crippen MR) is 80.4 cm³/mol. The van der Waals surface area contributed by atoms with Gasteiger partial charge in [0.25, 0.3) is 0 Å². The molecule has 2 heterocycles. The quantitative estimate of drug-likeness (QED) is 0.837. The third kappa shape index (κ3) is 2.94. The van der Waals surface area contributed by atoms with Gasteiger partial charge in [-0.15, -0.1) is 0 Å². The van der Waals surface area contributed by atoms with Gasteiger partial charge in [-0.1, -0.05) is 0 Å². The Morgan fingerprint density at radius 2 is 2.40 bits per heavy atom. The Labute approximate surface area is 119 Å². The summed E-state index contributed by atoms with van der Waals surface area (Å²) >= 11 is 0. The van der Waals surface area contributed by atoms with E-state index in [1.54, 1.807) is 7.11 Å². The molecule has 1 fully saturated rings. The second-order valence-electron chi connectivity index (χ2n) is 5.66. The number of piperidine rings is 1. The van der Waals surface area contributed by atoms with E-state index >= 15 is 0 Å². The van der Waals surface area contributed by atoms with Gasteiger partial charge in [0.15, 0.2) is 0 Å². The van der Waals surface area contributed by atoms with Crippen molar-refractivity contribution in [2.24, 2.45) is 5.92 Å². The number of likely N-dealkylation sites (tertiary alicyclic amines) is 1. The van der Waals surface area contributed by atoms with Crippen molar-refractivity contribution in [3.63, 3.8) is 0 Å². The summed E-state index contributed by atoms with van der Waals surface area (Å²) in [6.07, 6.45) is 2.50. The van der Waals surface area contributed by atoms with Crippen LogP contribution in [0.2, 0.25) is 0 Å². The molecule has 3 N–H and O–H groups in total. The number of nitrogens with one attached hydrogen (secondary N) is 1. The molecule has 0 spiro atoms. The highest BCUT2D eigenvalue weighted by molar-refractivity contribution is 5.78. The van der Waals surface area contributed by atoms with Crippen LogP contribution in [-0.2, 0) is 11.3 Å². The number of nitrogens with two attached hydrogens (primary N) is 1. The first-order valence-corrected chi connectivity index (χ1v) is 7.20. The molecule has 3 rings (SSSR count). The zero-order valence-electron chi connectivity index (χ0n) is 11.9. The average Bonchev–Trinajstić information content (AvgIpc) is 2.81. The van der Waals surface area contributed by atoms with Crippen LogP contribution in [-0.4, -0.2) is 41.7 Å². The fourth-order valence-corrected chi connectivity index (χ4v) is 3.03. The number of rotatable bonds is 4. The van der Waals surface area contributed by atoms with Gasteiger partial charge in [-0.05, 0) is 43.5 Å². The van der Waals surface area contributed by atoms with Gasteiger partial charge >= 0.3 is 0 Å². The lowest BCUT2D eigenvalue weighted by atomic mass is 9.99. The number of benzene rings is 1. The molecule has 0 amide bonds. The van der Waals surface area contributed by atoms with E-state index in [0.29, 0.717) is 5.92 Å². The molecule has 108 valence electrons. The fourth-order valence-electron chi connectivity index (χ4n) is 3.03. The molecule has 1 aliphatic rings. The van der Waals surface area contributed by atoms with E-state index in [1.165, 1.54) is 12.8 Å². The van der Waals surface area contributed by atoms with Crippen LogP contribution in [0.3, 0.4) is 0 Å². The summed E-state index contributed by atoms with van der Waals surface area (Å²) < 4.78 is 5.28. The summed E-state index contributed by atoms with van der Waals surface area (Å²) in [5.41, 5.74) is 8.57. The number of hydrogen-bond donors (Lipinski definition) is 2. The Hall–Kier alpha value is -1.59. The third-order valence-corrected chi connectivity index (χ3v) is 3.93. The van der Waals surface area contributed by atoms with Crippen molar-refractivity contribution in [3.05, 3.63) is 24.0 Å². The summed E-state index contributed by atoms with van der Waals surface area (Å²) in [4.78, 5) is 10.5. The van der Waals surface area contributed by atoms with E-state index < -0.39 is 0 Å². The largest absolute Gasteiger partial charge is 0.399 e. The van der Waals surface area contributed by atoms with E-state index in [4.69, 9.17) is 10.5 Å². The molecule has 0 radical (unpaired) electrons. The lowest BCUT2D eigenvalue weighted by Gasteiger charge is -2.31. The van der Waals surface area contributed by atoms with E-state index in [-0.39, 0.29) is 0 Å². The van der Waals surface area contributed by atoms with E-state index in [0.717, 1.165) is 48.8 Å². The van der Waals surface area contributed by atoms with E-state index in [9.17, 15) is 0 Å². The average molecular weight is 274 g/mol. The molecule has 2 aromatic rings. The van der Waals surface area contributed by atoms with Gasteiger partial charge in [0.05, 0.1) is 24.2 Å². The molecule has 5 nitrogen and oxygen atoms in total. The number of nitrogens with zero attached hydrogens (tertiary/aromatic N) is 2. The van der Waals surface area contributed by atoms with Crippen LogP contribution >= 0.6 is 0 Å². The number of ether oxygens (including phenoxy) is 1. The van der Waals surface area contributed by atoms with Crippen molar-refractivity contribution in [2.75, 3.05) is 32.5 Å². The van der Waals surface area contributed by atoms with Crippen LogP contribution < -0.4 is 5.73 Å². The standard InChI is InChI=1S/C15H22N4O/c1-20-10-11-3-2-6-19(8-11)9-15-17-13-5-4-12(16)7-14(13)18-15/h4-5,7,11H,2-3,6,8-10,16H2,1H3,(H,17,18). The number of H-pyrrole nitrogens is 1. The molecular weight excluding hydrogens is 252 g/mol. The number of methoxy groups -OCH3 is 1. The molecule has 1 atom stereocenters. The number of aromatic amines is 1. The highest BCUT2D eigenvalue weighted by atomic mass is 16.5.